The van der Waals surface area contributed by atoms with Crippen molar-refractivity contribution in [1.82, 2.24) is 15.0 Å². The monoisotopic (exact) mass is 263 g/mol. The summed E-state index contributed by atoms with van der Waals surface area (Å²) in [5.41, 5.74) is 3.00. The Morgan fingerprint density at radius 3 is 2.42 bits per heavy atom. The highest BCUT2D eigenvalue weighted by molar-refractivity contribution is 5.42. The fourth-order valence-electron chi connectivity index (χ4n) is 2.55. The zero-order valence-corrected chi connectivity index (χ0v) is 11.5. The number of nitrogens with zero attached hydrogens (tertiary/aromatic N) is 4. The van der Waals surface area contributed by atoms with Gasteiger partial charge in [-0.25, -0.2) is 5.84 Å². The maximum absolute atomic E-state index is 5.39. The summed E-state index contributed by atoms with van der Waals surface area (Å²) in [6.45, 7) is 0.957. The minimum absolute atomic E-state index is 0.387. The van der Waals surface area contributed by atoms with Crippen molar-refractivity contribution in [2.75, 3.05) is 36.3 Å². The van der Waals surface area contributed by atoms with Gasteiger partial charge in [0.25, 0.3) is 0 Å². The van der Waals surface area contributed by atoms with Crippen molar-refractivity contribution in [3.05, 3.63) is 0 Å². The van der Waals surface area contributed by atoms with E-state index in [4.69, 9.17) is 5.84 Å². The number of anilines is 3. The molecule has 2 aliphatic carbocycles. The quantitative estimate of drug-likeness (QED) is 0.517. The number of nitrogens with one attached hydrogen (secondary N) is 2. The van der Waals surface area contributed by atoms with Crippen LogP contribution in [0.1, 0.15) is 25.7 Å². The first kappa shape index (κ1) is 12.4. The summed E-state index contributed by atoms with van der Waals surface area (Å²) in [6.07, 6.45) is 5.44. The van der Waals surface area contributed by atoms with Crippen LogP contribution < -0.4 is 21.5 Å². The minimum atomic E-state index is 0.387. The topological polar surface area (TPSA) is 92.0 Å². The van der Waals surface area contributed by atoms with E-state index in [1.54, 1.807) is 0 Å². The number of rotatable bonds is 6. The van der Waals surface area contributed by atoms with Crippen molar-refractivity contribution < 1.29 is 0 Å². The molecule has 2 aliphatic rings. The second kappa shape index (κ2) is 4.48. The Labute approximate surface area is 113 Å². The second-order valence-electron chi connectivity index (χ2n) is 5.81. The van der Waals surface area contributed by atoms with Crippen LogP contribution in [0.15, 0.2) is 0 Å². The minimum Gasteiger partial charge on any atom is -0.353 e. The van der Waals surface area contributed by atoms with E-state index >= 15 is 0 Å². The third kappa shape index (κ3) is 2.56. The molecule has 7 heteroatoms. The molecule has 3 rings (SSSR count). The standard InChI is InChI=1S/C12H21N7/c1-19(2)11-16-9(15-10(17-11)18-13)14-7-12(5-6-12)8-3-4-8/h8H,3-7,13H2,1-2H3,(H2,14,15,16,17,18). The van der Waals surface area contributed by atoms with Crippen molar-refractivity contribution in [3.63, 3.8) is 0 Å². The highest BCUT2D eigenvalue weighted by atomic mass is 15.4. The molecule has 4 N–H and O–H groups in total. The molecular weight excluding hydrogens is 242 g/mol. The van der Waals surface area contributed by atoms with Crippen molar-refractivity contribution in [1.29, 1.82) is 0 Å². The predicted octanol–water partition coefficient (Wildman–Crippen LogP) is 0.825. The Hall–Kier alpha value is -1.63. The molecule has 0 radical (unpaired) electrons. The van der Waals surface area contributed by atoms with Gasteiger partial charge >= 0.3 is 0 Å². The molecule has 1 aromatic rings. The van der Waals surface area contributed by atoms with Gasteiger partial charge in [-0.1, -0.05) is 0 Å². The van der Waals surface area contributed by atoms with Crippen LogP contribution in [-0.4, -0.2) is 35.6 Å². The number of nitrogen functional groups attached to an aromatic ring is 1. The van der Waals surface area contributed by atoms with Gasteiger partial charge in [-0.2, -0.15) is 15.0 Å². The first-order valence-corrected chi connectivity index (χ1v) is 6.77. The van der Waals surface area contributed by atoms with E-state index in [2.05, 4.69) is 25.7 Å². The summed E-state index contributed by atoms with van der Waals surface area (Å²) >= 11 is 0. The van der Waals surface area contributed by atoms with Crippen LogP contribution in [0.2, 0.25) is 0 Å². The summed E-state index contributed by atoms with van der Waals surface area (Å²) in [4.78, 5) is 14.7. The lowest BCUT2D eigenvalue weighted by atomic mass is 10.0. The average Bonchev–Trinajstić information content (AvgIpc) is 3.28. The van der Waals surface area contributed by atoms with Crippen LogP contribution in [0.5, 0.6) is 0 Å². The van der Waals surface area contributed by atoms with Gasteiger partial charge in [0.05, 0.1) is 0 Å². The van der Waals surface area contributed by atoms with Crippen LogP contribution in [0.3, 0.4) is 0 Å². The first-order valence-electron chi connectivity index (χ1n) is 6.77. The molecule has 0 amide bonds. The average molecular weight is 263 g/mol. The summed E-state index contributed by atoms with van der Waals surface area (Å²) in [7, 11) is 3.79. The van der Waals surface area contributed by atoms with Crippen LogP contribution >= 0.6 is 0 Å². The van der Waals surface area contributed by atoms with E-state index in [9.17, 15) is 0 Å². The highest BCUT2D eigenvalue weighted by Gasteiger charge is 2.53. The molecule has 1 aromatic heterocycles. The van der Waals surface area contributed by atoms with Gasteiger partial charge in [-0.05, 0) is 37.0 Å². The molecule has 0 bridgehead atoms. The SMILES string of the molecule is CN(C)c1nc(NN)nc(NCC2(C3CC3)CC2)n1. The van der Waals surface area contributed by atoms with Crippen LogP contribution in [-0.2, 0) is 0 Å². The molecule has 0 aromatic carbocycles. The lowest BCUT2D eigenvalue weighted by Gasteiger charge is -2.17. The molecule has 2 fully saturated rings. The Balaban J connectivity index is 1.70. The molecule has 0 unspecified atom stereocenters. The van der Waals surface area contributed by atoms with Crippen LogP contribution in [0.4, 0.5) is 17.8 Å². The van der Waals surface area contributed by atoms with E-state index in [1.165, 1.54) is 25.7 Å². The van der Waals surface area contributed by atoms with Crippen LogP contribution in [0.25, 0.3) is 0 Å². The van der Waals surface area contributed by atoms with Gasteiger partial charge < -0.3 is 10.2 Å². The molecule has 7 nitrogen and oxygen atoms in total. The molecule has 19 heavy (non-hydrogen) atoms. The van der Waals surface area contributed by atoms with Crippen LogP contribution in [0, 0.1) is 11.3 Å². The summed E-state index contributed by atoms with van der Waals surface area (Å²) in [6, 6.07) is 0. The Morgan fingerprint density at radius 1 is 1.21 bits per heavy atom. The maximum Gasteiger partial charge on any atom is 0.243 e. The molecule has 1 heterocycles. The lowest BCUT2D eigenvalue weighted by molar-refractivity contribution is 0.465. The zero-order valence-electron chi connectivity index (χ0n) is 11.5. The molecule has 0 spiro atoms. The van der Waals surface area contributed by atoms with Crippen molar-refractivity contribution in [2.24, 2.45) is 17.2 Å². The number of hydrazine groups is 1. The van der Waals surface area contributed by atoms with E-state index in [0.717, 1.165) is 12.5 Å². The molecular formula is C12H21N7. The highest BCUT2D eigenvalue weighted by Crippen LogP contribution is 2.61. The third-order valence-electron chi connectivity index (χ3n) is 4.09. The van der Waals surface area contributed by atoms with Crippen molar-refractivity contribution >= 4 is 17.8 Å². The number of aromatic nitrogens is 3. The Bertz CT molecular complexity index is 465. The van der Waals surface area contributed by atoms with Gasteiger partial charge in [0.15, 0.2) is 0 Å². The largest absolute Gasteiger partial charge is 0.353 e. The smallest absolute Gasteiger partial charge is 0.243 e. The van der Waals surface area contributed by atoms with E-state index < -0.39 is 0 Å². The van der Waals surface area contributed by atoms with E-state index in [0.29, 0.717) is 23.3 Å². The number of hydrogen-bond acceptors (Lipinski definition) is 7. The molecule has 0 saturated heterocycles. The zero-order chi connectivity index (χ0) is 13.5. The molecule has 2 saturated carbocycles. The van der Waals surface area contributed by atoms with Gasteiger partial charge in [0, 0.05) is 20.6 Å². The first-order chi connectivity index (χ1) is 9.13. The molecule has 0 aliphatic heterocycles. The van der Waals surface area contributed by atoms with Gasteiger partial charge in [0.2, 0.25) is 17.8 Å². The molecule has 104 valence electrons. The van der Waals surface area contributed by atoms with Crippen molar-refractivity contribution in [2.45, 2.75) is 25.7 Å². The Morgan fingerprint density at radius 2 is 1.89 bits per heavy atom. The fourth-order valence-corrected chi connectivity index (χ4v) is 2.55. The maximum atomic E-state index is 5.39. The van der Waals surface area contributed by atoms with Crippen molar-refractivity contribution in [3.8, 4) is 0 Å². The third-order valence-corrected chi connectivity index (χ3v) is 4.09. The van der Waals surface area contributed by atoms with E-state index in [-0.39, 0.29) is 0 Å². The van der Waals surface area contributed by atoms with Gasteiger partial charge in [-0.15, -0.1) is 0 Å². The lowest BCUT2D eigenvalue weighted by Crippen LogP contribution is -2.22. The summed E-state index contributed by atoms with van der Waals surface area (Å²) in [5.74, 6) is 7.89. The van der Waals surface area contributed by atoms with Gasteiger partial charge in [0.1, 0.15) is 0 Å². The summed E-state index contributed by atoms with van der Waals surface area (Å²) < 4.78 is 0. The predicted molar refractivity (Wildman–Crippen MR) is 74.8 cm³/mol. The van der Waals surface area contributed by atoms with Gasteiger partial charge in [-0.3, -0.25) is 5.43 Å². The number of hydrogen-bond donors (Lipinski definition) is 3. The Kier molecular flexibility index (Phi) is 2.93. The number of nitrogens with two attached hydrogens (primary N) is 1. The fraction of sp³-hybridized carbons (Fsp3) is 0.750. The molecule has 0 atom stereocenters. The second-order valence-corrected chi connectivity index (χ2v) is 5.81. The van der Waals surface area contributed by atoms with E-state index in [1.807, 2.05) is 19.0 Å². The summed E-state index contributed by atoms with van der Waals surface area (Å²) in [5, 5.41) is 3.35. The normalized spacial score (nSPS) is 19.9.